The molecule has 0 atom stereocenters. The highest BCUT2D eigenvalue weighted by Gasteiger charge is 2.51. The first kappa shape index (κ1) is 12.3. The fourth-order valence-corrected chi connectivity index (χ4v) is 5.09. The third-order valence-electron chi connectivity index (χ3n) is 5.41. The van der Waals surface area contributed by atoms with Crippen LogP contribution in [0.5, 0.6) is 0 Å². The summed E-state index contributed by atoms with van der Waals surface area (Å²) in [5.41, 5.74) is 0.461. The number of pyridine rings is 1. The van der Waals surface area contributed by atoms with Crippen molar-refractivity contribution in [3.05, 3.63) is 29.8 Å². The molecule has 0 unspecified atom stereocenters. The molecule has 1 heterocycles. The van der Waals surface area contributed by atoms with Gasteiger partial charge in [0, 0.05) is 11.7 Å². The van der Waals surface area contributed by atoms with Gasteiger partial charge in [-0.15, -0.1) is 0 Å². The maximum Gasteiger partial charge on any atom is 0.253 e. The number of amides is 1. The molecule has 4 heteroatoms. The summed E-state index contributed by atoms with van der Waals surface area (Å²) in [6.07, 6.45) is 8.76. The van der Waals surface area contributed by atoms with Gasteiger partial charge in [0.2, 0.25) is 5.95 Å². The Balaban J connectivity index is 1.53. The molecule has 4 bridgehead atoms. The van der Waals surface area contributed by atoms with Gasteiger partial charge < -0.3 is 5.32 Å². The zero-order chi connectivity index (χ0) is 13.7. The predicted octanol–water partition coefficient (Wildman–Crippen LogP) is 2.92. The molecule has 1 N–H and O–H groups in total. The number of nitrogens with one attached hydrogen (secondary N) is 1. The van der Waals surface area contributed by atoms with E-state index < -0.39 is 5.95 Å². The minimum atomic E-state index is -0.545. The second-order valence-corrected chi connectivity index (χ2v) is 7.02. The van der Waals surface area contributed by atoms with Crippen LogP contribution in [-0.2, 0) is 0 Å². The standard InChI is InChI=1S/C16H19FN2O/c17-14-2-1-13(9-18-14)15(20)19-16-6-10-3-11(7-16)5-12(4-10)8-16/h1-2,9-12H,3-8H2,(H,19,20). The number of nitrogens with zero attached hydrogens (tertiary/aromatic N) is 1. The summed E-state index contributed by atoms with van der Waals surface area (Å²) in [4.78, 5) is 15.9. The molecular formula is C16H19FN2O. The zero-order valence-corrected chi connectivity index (χ0v) is 11.4. The first-order valence-corrected chi connectivity index (χ1v) is 7.56. The van der Waals surface area contributed by atoms with Crippen molar-refractivity contribution in [2.75, 3.05) is 0 Å². The molecule has 4 aliphatic rings. The van der Waals surface area contributed by atoms with Gasteiger partial charge in [-0.3, -0.25) is 4.79 Å². The monoisotopic (exact) mass is 274 g/mol. The van der Waals surface area contributed by atoms with Crippen molar-refractivity contribution in [3.63, 3.8) is 0 Å². The Morgan fingerprint density at radius 2 is 1.75 bits per heavy atom. The molecule has 0 saturated heterocycles. The lowest BCUT2D eigenvalue weighted by Gasteiger charge is -2.56. The fraction of sp³-hybridized carbons (Fsp3) is 0.625. The van der Waals surface area contributed by atoms with E-state index in [0.717, 1.165) is 37.0 Å². The van der Waals surface area contributed by atoms with Crippen molar-refractivity contribution < 1.29 is 9.18 Å². The summed E-state index contributed by atoms with van der Waals surface area (Å²) in [5.74, 6) is 1.75. The van der Waals surface area contributed by atoms with Gasteiger partial charge in [0.05, 0.1) is 5.56 Å². The summed E-state index contributed by atoms with van der Waals surface area (Å²) >= 11 is 0. The molecule has 4 fully saturated rings. The van der Waals surface area contributed by atoms with Gasteiger partial charge in [0.25, 0.3) is 5.91 Å². The Morgan fingerprint density at radius 3 is 2.25 bits per heavy atom. The molecule has 1 aromatic heterocycles. The lowest BCUT2D eigenvalue weighted by atomic mass is 9.53. The van der Waals surface area contributed by atoms with Crippen LogP contribution in [0.25, 0.3) is 0 Å². The van der Waals surface area contributed by atoms with Crippen LogP contribution in [0.3, 0.4) is 0 Å². The van der Waals surface area contributed by atoms with Crippen molar-refractivity contribution in [3.8, 4) is 0 Å². The SMILES string of the molecule is O=C(NC12CC3CC(CC(C3)C1)C2)c1ccc(F)nc1. The van der Waals surface area contributed by atoms with Crippen LogP contribution in [0, 0.1) is 23.7 Å². The third kappa shape index (κ3) is 2.02. The summed E-state index contributed by atoms with van der Waals surface area (Å²) in [5, 5.41) is 3.26. The van der Waals surface area contributed by atoms with Crippen molar-refractivity contribution in [2.45, 2.75) is 44.1 Å². The number of carbonyl (C=O) groups is 1. The van der Waals surface area contributed by atoms with Crippen molar-refractivity contribution in [2.24, 2.45) is 17.8 Å². The first-order chi connectivity index (χ1) is 9.62. The second-order valence-electron chi connectivity index (χ2n) is 7.02. The molecule has 0 aliphatic heterocycles. The van der Waals surface area contributed by atoms with E-state index in [4.69, 9.17) is 0 Å². The topological polar surface area (TPSA) is 42.0 Å². The van der Waals surface area contributed by atoms with Gasteiger partial charge in [0.1, 0.15) is 0 Å². The van der Waals surface area contributed by atoms with E-state index in [1.54, 1.807) is 0 Å². The van der Waals surface area contributed by atoms with E-state index in [0.29, 0.717) is 5.56 Å². The van der Waals surface area contributed by atoms with Crippen LogP contribution in [-0.4, -0.2) is 16.4 Å². The van der Waals surface area contributed by atoms with Gasteiger partial charge >= 0.3 is 0 Å². The fourth-order valence-electron chi connectivity index (χ4n) is 5.09. The van der Waals surface area contributed by atoms with Gasteiger partial charge in [-0.05, 0) is 68.4 Å². The molecule has 0 spiro atoms. The minimum Gasteiger partial charge on any atom is -0.347 e. The Morgan fingerprint density at radius 1 is 1.15 bits per heavy atom. The Kier molecular flexibility index (Phi) is 2.63. The Bertz CT molecular complexity index is 505. The van der Waals surface area contributed by atoms with Crippen LogP contribution in [0.15, 0.2) is 18.3 Å². The highest BCUT2D eigenvalue weighted by molar-refractivity contribution is 5.94. The minimum absolute atomic E-state index is 0.000218. The zero-order valence-electron chi connectivity index (χ0n) is 11.4. The molecule has 0 aromatic carbocycles. The summed E-state index contributed by atoms with van der Waals surface area (Å²) in [6, 6.07) is 2.76. The molecule has 0 radical (unpaired) electrons. The van der Waals surface area contributed by atoms with Gasteiger partial charge in [0.15, 0.2) is 0 Å². The van der Waals surface area contributed by atoms with Crippen LogP contribution in [0.2, 0.25) is 0 Å². The molecule has 20 heavy (non-hydrogen) atoms. The first-order valence-electron chi connectivity index (χ1n) is 7.56. The summed E-state index contributed by atoms with van der Waals surface area (Å²) in [7, 11) is 0. The lowest BCUT2D eigenvalue weighted by Crippen LogP contribution is -2.59. The van der Waals surface area contributed by atoms with E-state index in [-0.39, 0.29) is 11.4 Å². The number of halogens is 1. The van der Waals surface area contributed by atoms with Crippen LogP contribution < -0.4 is 5.32 Å². The number of aromatic nitrogens is 1. The van der Waals surface area contributed by atoms with E-state index in [1.165, 1.54) is 37.6 Å². The average Bonchev–Trinajstić information content (AvgIpc) is 2.37. The van der Waals surface area contributed by atoms with Crippen molar-refractivity contribution >= 4 is 5.91 Å². The summed E-state index contributed by atoms with van der Waals surface area (Å²) in [6.45, 7) is 0. The number of rotatable bonds is 2. The van der Waals surface area contributed by atoms with E-state index in [1.807, 2.05) is 0 Å². The van der Waals surface area contributed by atoms with Gasteiger partial charge in [-0.25, -0.2) is 4.98 Å². The lowest BCUT2D eigenvalue weighted by molar-refractivity contribution is -0.0167. The van der Waals surface area contributed by atoms with Gasteiger partial charge in [-0.1, -0.05) is 0 Å². The maximum absolute atomic E-state index is 12.8. The molecular weight excluding hydrogens is 255 g/mol. The normalized spacial score (nSPS) is 38.0. The molecule has 3 nitrogen and oxygen atoms in total. The van der Waals surface area contributed by atoms with E-state index >= 15 is 0 Å². The predicted molar refractivity (Wildman–Crippen MR) is 72.6 cm³/mol. The van der Waals surface area contributed by atoms with Gasteiger partial charge in [-0.2, -0.15) is 4.39 Å². The van der Waals surface area contributed by atoms with E-state index in [2.05, 4.69) is 10.3 Å². The highest BCUT2D eigenvalue weighted by atomic mass is 19.1. The van der Waals surface area contributed by atoms with E-state index in [9.17, 15) is 9.18 Å². The summed E-state index contributed by atoms with van der Waals surface area (Å²) < 4.78 is 12.8. The smallest absolute Gasteiger partial charge is 0.253 e. The van der Waals surface area contributed by atoms with Crippen molar-refractivity contribution in [1.29, 1.82) is 0 Å². The maximum atomic E-state index is 12.8. The number of hydrogen-bond donors (Lipinski definition) is 1. The highest BCUT2D eigenvalue weighted by Crippen LogP contribution is 2.55. The third-order valence-corrected chi connectivity index (χ3v) is 5.41. The largest absolute Gasteiger partial charge is 0.347 e. The molecule has 5 rings (SSSR count). The van der Waals surface area contributed by atoms with Crippen molar-refractivity contribution in [1.82, 2.24) is 10.3 Å². The van der Waals surface area contributed by atoms with Crippen LogP contribution in [0.4, 0.5) is 4.39 Å². The Labute approximate surface area is 118 Å². The molecule has 4 saturated carbocycles. The molecule has 1 aromatic rings. The van der Waals surface area contributed by atoms with Crippen LogP contribution >= 0.6 is 0 Å². The quantitative estimate of drug-likeness (QED) is 0.843. The number of carbonyl (C=O) groups excluding carboxylic acids is 1. The van der Waals surface area contributed by atoms with Crippen LogP contribution in [0.1, 0.15) is 48.9 Å². The molecule has 4 aliphatic carbocycles. The second kappa shape index (κ2) is 4.27. The Hall–Kier alpha value is -1.45. The number of hydrogen-bond acceptors (Lipinski definition) is 2. The molecule has 106 valence electrons. The molecule has 1 amide bonds. The average molecular weight is 274 g/mol.